The molecule has 1 spiro atoms. The molecule has 6 aliphatic rings. The van der Waals surface area contributed by atoms with Crippen molar-refractivity contribution in [1.82, 2.24) is 24.2 Å². The number of ether oxygens (including phenoxy) is 3. The van der Waals surface area contributed by atoms with Crippen LogP contribution in [0.4, 0.5) is 21.6 Å². The van der Waals surface area contributed by atoms with Gasteiger partial charge in [0.15, 0.2) is 16.7 Å². The summed E-state index contributed by atoms with van der Waals surface area (Å²) in [6, 6.07) is 27.1. The van der Waals surface area contributed by atoms with Gasteiger partial charge in [0.2, 0.25) is 0 Å². The predicted molar refractivity (Wildman–Crippen MR) is 304 cm³/mol. The molecule has 4 unspecified atom stereocenters. The number of nitrogens with one attached hydrogen (secondary N) is 1. The fourth-order valence-corrected chi connectivity index (χ4v) is 14.0. The molecule has 3 aromatic carbocycles. The number of anilines is 3. The maximum absolute atomic E-state index is 15.3. The first-order valence-corrected chi connectivity index (χ1v) is 28.9. The monoisotopic (exact) mass is 1100 g/mol. The maximum atomic E-state index is 15.3. The molecule has 1 amide bonds. The Morgan fingerprint density at radius 1 is 1.03 bits per heavy atom. The summed E-state index contributed by atoms with van der Waals surface area (Å²) in [5.41, 5.74) is 5.20. The van der Waals surface area contributed by atoms with Crippen LogP contribution in [0.1, 0.15) is 129 Å². The second-order valence-electron chi connectivity index (χ2n) is 23.2. The Balaban J connectivity index is 0.813. The predicted octanol–water partition coefficient (Wildman–Crippen LogP) is 11.0. The zero-order valence-electron chi connectivity index (χ0n) is 46.0. The number of halogens is 1. The number of amides is 1. The standard InChI is InChI=1S/C61H72FN8O8S/c1-8-77-58-53(30-48-49(62)27-38(4)54(48)65-58)78-52-28-41(15-18-47(52)59(71)70(74)79(75)44-29-50(66(6)73)57(64-34-44)63-33-39-19-21-60(5,72)22-20-39)67-25-23-61(24-26-67)31-42(32-61)69-51-36-68(35-40-13-16-43(76-7)17-14-40)56(51)55(69)46-12-10-9-11-45(46)37(2)3/h9-18,27-30,34,37,39,42,51,55-56,72,74H,4,8,19-26,31-33,35-36H2,1-3,5-7H3,(H,63,64)/q-1. The Bertz CT molecular complexity index is 3160. The number of carbonyl (C=O) groups excluding carboxylic acids is 1. The number of benzene rings is 3. The Labute approximate surface area is 465 Å². The molecule has 11 rings (SSSR count). The van der Waals surface area contributed by atoms with Crippen LogP contribution in [0.2, 0.25) is 0 Å². The van der Waals surface area contributed by atoms with E-state index >= 15 is 4.39 Å². The van der Waals surface area contributed by atoms with Gasteiger partial charge >= 0.3 is 0 Å². The van der Waals surface area contributed by atoms with Crippen molar-refractivity contribution < 1.29 is 37.9 Å². The summed E-state index contributed by atoms with van der Waals surface area (Å²) in [6.45, 7) is 16.3. The van der Waals surface area contributed by atoms with Gasteiger partial charge in [0.25, 0.3) is 11.8 Å². The first-order chi connectivity index (χ1) is 37.9. The summed E-state index contributed by atoms with van der Waals surface area (Å²) in [7, 11) is 0.434. The second kappa shape index (κ2) is 21.9. The lowest BCUT2D eigenvalue weighted by Gasteiger charge is -2.72. The summed E-state index contributed by atoms with van der Waals surface area (Å²) >= 11 is 0. The summed E-state index contributed by atoms with van der Waals surface area (Å²) in [5.74, 6) is 0.262. The van der Waals surface area contributed by atoms with Crippen LogP contribution in [0, 0.1) is 16.5 Å². The van der Waals surface area contributed by atoms with Gasteiger partial charge in [0, 0.05) is 74.4 Å². The number of likely N-dealkylation sites (tertiary alicyclic amines) is 2. The number of allylic oxidation sites excluding steroid dienone is 2. The number of methoxy groups -OCH3 is 1. The van der Waals surface area contributed by atoms with Crippen molar-refractivity contribution in [2.75, 3.05) is 62.2 Å². The minimum atomic E-state index is -2.55. The van der Waals surface area contributed by atoms with E-state index in [4.69, 9.17) is 14.2 Å². The molecule has 3 saturated heterocycles. The van der Waals surface area contributed by atoms with Crippen molar-refractivity contribution >= 4 is 45.5 Å². The van der Waals surface area contributed by atoms with Crippen LogP contribution >= 0.6 is 0 Å². The van der Waals surface area contributed by atoms with E-state index in [1.54, 1.807) is 26.2 Å². The molecule has 18 heteroatoms. The molecule has 2 aromatic heterocycles. The number of aliphatic hydroxyl groups is 1. The first-order valence-electron chi connectivity index (χ1n) is 27.8. The first kappa shape index (κ1) is 54.5. The average molecular weight is 1100 g/mol. The van der Waals surface area contributed by atoms with Crippen molar-refractivity contribution in [3.8, 4) is 23.1 Å². The smallest absolute Gasteiger partial charge is 0.293 e. The molecule has 3 aliphatic carbocycles. The van der Waals surface area contributed by atoms with Crippen molar-refractivity contribution in [3.05, 3.63) is 136 Å². The minimum Gasteiger partial charge on any atom is -0.758 e. The number of hydroxylamine groups is 2. The Morgan fingerprint density at radius 3 is 2.46 bits per heavy atom. The zero-order chi connectivity index (χ0) is 55.5. The molecular weight excluding hydrogens is 1020 g/mol. The zero-order valence-corrected chi connectivity index (χ0v) is 46.8. The highest BCUT2D eigenvalue weighted by atomic mass is 32.2. The molecule has 2 saturated carbocycles. The number of hydrogen-bond donors (Lipinski definition) is 3. The Morgan fingerprint density at radius 2 is 1.76 bits per heavy atom. The lowest BCUT2D eigenvalue weighted by molar-refractivity contribution is -0.222. The molecule has 5 heterocycles. The number of hydrogen-bond acceptors (Lipinski definition) is 15. The number of rotatable bonds is 18. The third kappa shape index (κ3) is 10.6. The van der Waals surface area contributed by atoms with E-state index in [2.05, 4.69) is 86.8 Å². The number of carbonyl (C=O) groups is 1. The van der Waals surface area contributed by atoms with E-state index < -0.39 is 28.3 Å². The Kier molecular flexibility index (Phi) is 15.1. The minimum absolute atomic E-state index is 0.00470. The van der Waals surface area contributed by atoms with Gasteiger partial charge in [0.05, 0.1) is 47.2 Å². The van der Waals surface area contributed by atoms with Gasteiger partial charge in [-0.25, -0.2) is 18.6 Å². The quantitative estimate of drug-likeness (QED) is 0.0557. The molecule has 4 atom stereocenters. The van der Waals surface area contributed by atoms with E-state index in [1.807, 2.05) is 19.1 Å². The van der Waals surface area contributed by atoms with E-state index in [-0.39, 0.29) is 67.3 Å². The number of pyridine rings is 2. The van der Waals surface area contributed by atoms with Crippen LogP contribution in [0.15, 0.2) is 103 Å². The summed E-state index contributed by atoms with van der Waals surface area (Å²) < 4.78 is 47.4. The summed E-state index contributed by atoms with van der Waals surface area (Å²) in [4.78, 5) is 31.1. The SMILES string of the molecule is C=C1C=C(F)c2cc(Oc3cc(N4CCC5(CC4)CC(N4C6CN(Cc7ccc(OC)cc7)C6C4c4ccccc4C(C)C)C5)ccc3C(=O)N(O)S(=O)c3cnc(NCC4CCC(C)(O)CC4)c(N(C)[O-])c3)c(OCC)nc21. The molecule has 418 valence electrons. The van der Waals surface area contributed by atoms with Gasteiger partial charge in [-0.3, -0.25) is 19.8 Å². The van der Waals surface area contributed by atoms with Crippen LogP contribution in [0.25, 0.3) is 11.4 Å². The van der Waals surface area contributed by atoms with Gasteiger partial charge in [-0.15, -0.1) is 4.47 Å². The molecule has 79 heavy (non-hydrogen) atoms. The highest BCUT2D eigenvalue weighted by Gasteiger charge is 2.64. The van der Waals surface area contributed by atoms with E-state index in [0.29, 0.717) is 65.8 Å². The highest BCUT2D eigenvalue weighted by molar-refractivity contribution is 7.83. The van der Waals surface area contributed by atoms with Gasteiger partial charge in [-0.1, -0.05) is 56.8 Å². The Hall–Kier alpha value is -6.41. The highest BCUT2D eigenvalue weighted by Crippen LogP contribution is 2.60. The van der Waals surface area contributed by atoms with Crippen LogP contribution in [-0.2, 0) is 17.5 Å². The number of fused-ring (bicyclic) bond motifs is 2. The van der Waals surface area contributed by atoms with E-state index in [1.165, 1.54) is 54.2 Å². The van der Waals surface area contributed by atoms with Gasteiger partial charge < -0.3 is 39.8 Å². The molecule has 3 aliphatic heterocycles. The molecular formula is C61H72FN8O8S-. The maximum Gasteiger partial charge on any atom is 0.293 e. The molecule has 5 aromatic rings. The molecule has 3 N–H and O–H groups in total. The third-order valence-electron chi connectivity index (χ3n) is 17.7. The van der Waals surface area contributed by atoms with Crippen LogP contribution in [-0.4, -0.2) is 115 Å². The van der Waals surface area contributed by atoms with Crippen LogP contribution in [0.3, 0.4) is 0 Å². The van der Waals surface area contributed by atoms with E-state index in [0.717, 1.165) is 76.1 Å². The van der Waals surface area contributed by atoms with Crippen LogP contribution < -0.4 is 29.5 Å². The summed E-state index contributed by atoms with van der Waals surface area (Å²) in [5, 5.41) is 38.6. The van der Waals surface area contributed by atoms with Gasteiger partial charge in [0.1, 0.15) is 23.1 Å². The summed E-state index contributed by atoms with van der Waals surface area (Å²) in [6.07, 6.45) is 9.70. The molecule has 16 nitrogen and oxygen atoms in total. The average Bonchev–Trinajstić information content (AvgIpc) is 2.74. The topological polar surface area (TPSA) is 179 Å². The van der Waals surface area contributed by atoms with Crippen molar-refractivity contribution in [3.63, 3.8) is 0 Å². The second-order valence-corrected chi connectivity index (χ2v) is 24.5. The number of piperazine rings is 1. The largest absolute Gasteiger partial charge is 0.758 e. The normalized spacial score (nSPS) is 23.9. The van der Waals surface area contributed by atoms with Gasteiger partial charge in [-0.05, 0) is 154 Å². The fraction of sp³-hybridized carbons (Fsp3) is 0.459. The number of piperidine rings is 1. The van der Waals surface area contributed by atoms with Crippen LogP contribution in [0.5, 0.6) is 23.1 Å². The van der Waals surface area contributed by atoms with Crippen molar-refractivity contribution in [2.24, 2.45) is 11.3 Å². The molecule has 0 radical (unpaired) electrons. The lowest BCUT2D eigenvalue weighted by Crippen LogP contribution is -2.82. The molecule has 5 fully saturated rings. The van der Waals surface area contributed by atoms with Gasteiger partial charge in [-0.2, -0.15) is 0 Å². The number of nitrogens with zero attached hydrogens (tertiary/aromatic N) is 7. The lowest BCUT2D eigenvalue weighted by atomic mass is 9.57. The third-order valence-corrected chi connectivity index (χ3v) is 18.8. The number of aromatic nitrogens is 2. The van der Waals surface area contributed by atoms with Crippen molar-refractivity contribution in [2.45, 2.75) is 126 Å². The molecule has 0 bridgehead atoms. The fourth-order valence-electron chi connectivity index (χ4n) is 13.2. The van der Waals surface area contributed by atoms with E-state index in [9.17, 15) is 24.5 Å². The van der Waals surface area contributed by atoms with Crippen molar-refractivity contribution in [1.29, 1.82) is 0 Å².